The minimum atomic E-state index is -1.69. The Morgan fingerprint density at radius 3 is 1.62 bits per heavy atom. The van der Waals surface area contributed by atoms with E-state index in [9.17, 15) is 0 Å². The summed E-state index contributed by atoms with van der Waals surface area (Å²) in [7, 11) is 0. The first-order valence-corrected chi connectivity index (χ1v) is 3.93. The molecule has 0 spiro atoms. The van der Waals surface area contributed by atoms with Crippen molar-refractivity contribution in [2.45, 2.75) is 37.4 Å². The van der Waals surface area contributed by atoms with E-state index in [4.69, 9.17) is 30.6 Å². The Bertz CT molecular complexity index is 139. The molecule has 0 saturated carbocycles. The van der Waals surface area contributed by atoms with Crippen molar-refractivity contribution in [3.63, 3.8) is 0 Å². The monoisotopic (exact) mass is 196 g/mol. The summed E-state index contributed by atoms with van der Waals surface area (Å²) in [4.78, 5) is 0. The van der Waals surface area contributed by atoms with Crippen LogP contribution in [0, 0.1) is 0 Å². The lowest BCUT2D eigenvalue weighted by Gasteiger charge is -2.26. The zero-order valence-corrected chi connectivity index (χ0v) is 7.28. The summed E-state index contributed by atoms with van der Waals surface area (Å²) in [6, 6.07) is 0. The predicted octanol–water partition coefficient (Wildman–Crippen LogP) is -3.20. The van der Waals surface area contributed by atoms with Crippen LogP contribution in [0.1, 0.15) is 6.92 Å². The molecule has 6 nitrogen and oxygen atoms in total. The largest absolute Gasteiger partial charge is 0.394 e. The summed E-state index contributed by atoms with van der Waals surface area (Å²) in [6.45, 7) is 0.497. The summed E-state index contributed by atoms with van der Waals surface area (Å²) >= 11 is 0. The summed E-state index contributed by atoms with van der Waals surface area (Å²) < 4.78 is 0. The van der Waals surface area contributed by atoms with Gasteiger partial charge in [-0.25, -0.2) is 0 Å². The standard InChI is InChI=1S/C7H16O6/c1-3(9)5(11)7(13)6(12)4(10)2-8/h3-13H,2H2,1H3/t3-,4+,5-,6+,7-/m0/s1. The highest BCUT2D eigenvalue weighted by Crippen LogP contribution is 2.07. The highest BCUT2D eigenvalue weighted by atomic mass is 16.4. The van der Waals surface area contributed by atoms with E-state index in [2.05, 4.69) is 0 Å². The maximum Gasteiger partial charge on any atom is 0.111 e. The molecule has 6 heteroatoms. The van der Waals surface area contributed by atoms with E-state index in [0.29, 0.717) is 0 Å². The molecule has 0 fully saturated rings. The van der Waals surface area contributed by atoms with Crippen LogP contribution < -0.4 is 0 Å². The summed E-state index contributed by atoms with van der Waals surface area (Å²) in [6.07, 6.45) is -7.70. The Balaban J connectivity index is 4.15. The van der Waals surface area contributed by atoms with Crippen LogP contribution in [0.4, 0.5) is 0 Å². The van der Waals surface area contributed by atoms with Crippen molar-refractivity contribution in [1.82, 2.24) is 0 Å². The number of rotatable bonds is 5. The average Bonchev–Trinajstić information content (AvgIpc) is 2.12. The Hall–Kier alpha value is -0.240. The van der Waals surface area contributed by atoms with Gasteiger partial charge in [0.25, 0.3) is 0 Å². The molecule has 0 heterocycles. The third-order valence-electron chi connectivity index (χ3n) is 1.78. The quantitative estimate of drug-likeness (QED) is 0.275. The highest BCUT2D eigenvalue weighted by molar-refractivity contribution is 4.82. The van der Waals surface area contributed by atoms with Crippen LogP contribution in [0.5, 0.6) is 0 Å². The van der Waals surface area contributed by atoms with Crippen molar-refractivity contribution in [3.8, 4) is 0 Å². The SMILES string of the molecule is C[C@H](O)[C@H](O)[C@H](O)[C@H](O)[C@H](O)CO. The first kappa shape index (κ1) is 12.8. The zero-order valence-electron chi connectivity index (χ0n) is 7.28. The predicted molar refractivity (Wildman–Crippen MR) is 42.8 cm³/mol. The van der Waals surface area contributed by atoms with Gasteiger partial charge >= 0.3 is 0 Å². The van der Waals surface area contributed by atoms with E-state index >= 15 is 0 Å². The molecule has 0 aromatic rings. The Morgan fingerprint density at radius 1 is 0.846 bits per heavy atom. The lowest BCUT2D eigenvalue weighted by atomic mass is 10.0. The van der Waals surface area contributed by atoms with Gasteiger partial charge in [0.15, 0.2) is 0 Å². The van der Waals surface area contributed by atoms with Crippen LogP contribution in [0.15, 0.2) is 0 Å². The zero-order chi connectivity index (χ0) is 10.6. The third-order valence-corrected chi connectivity index (χ3v) is 1.78. The molecule has 0 aliphatic heterocycles. The molecule has 0 aliphatic carbocycles. The Morgan fingerprint density at radius 2 is 1.31 bits per heavy atom. The van der Waals surface area contributed by atoms with Gasteiger partial charge in [-0.15, -0.1) is 0 Å². The molecular weight excluding hydrogens is 180 g/mol. The first-order chi connectivity index (χ1) is 5.91. The summed E-state index contributed by atoms with van der Waals surface area (Å²) in [5, 5.41) is 53.4. The van der Waals surface area contributed by atoms with Gasteiger partial charge in [0.1, 0.15) is 24.4 Å². The van der Waals surface area contributed by atoms with Gasteiger partial charge in [0, 0.05) is 0 Å². The first-order valence-electron chi connectivity index (χ1n) is 3.93. The lowest BCUT2D eigenvalue weighted by Crippen LogP contribution is -2.49. The van der Waals surface area contributed by atoms with Crippen LogP contribution in [0.3, 0.4) is 0 Å². The van der Waals surface area contributed by atoms with Crippen LogP contribution >= 0.6 is 0 Å². The number of hydrogen-bond donors (Lipinski definition) is 6. The fourth-order valence-corrected chi connectivity index (χ4v) is 0.823. The van der Waals surface area contributed by atoms with Gasteiger partial charge in [-0.3, -0.25) is 0 Å². The number of aliphatic hydroxyl groups is 6. The summed E-state index contributed by atoms with van der Waals surface area (Å²) in [5.74, 6) is 0. The van der Waals surface area contributed by atoms with Gasteiger partial charge in [0.2, 0.25) is 0 Å². The molecule has 0 aromatic heterocycles. The van der Waals surface area contributed by atoms with E-state index in [1.807, 2.05) is 0 Å². The van der Waals surface area contributed by atoms with Crippen molar-refractivity contribution < 1.29 is 30.6 Å². The molecule has 0 aliphatic rings. The molecule has 0 amide bonds. The second-order valence-electron chi connectivity index (χ2n) is 2.96. The van der Waals surface area contributed by atoms with Crippen LogP contribution in [-0.2, 0) is 0 Å². The van der Waals surface area contributed by atoms with Gasteiger partial charge in [0.05, 0.1) is 12.7 Å². The van der Waals surface area contributed by atoms with Crippen molar-refractivity contribution in [3.05, 3.63) is 0 Å². The third kappa shape index (κ3) is 3.55. The second-order valence-corrected chi connectivity index (χ2v) is 2.96. The lowest BCUT2D eigenvalue weighted by molar-refractivity contribution is -0.137. The minimum absolute atomic E-state index is 0.731. The molecule has 6 N–H and O–H groups in total. The fraction of sp³-hybridized carbons (Fsp3) is 1.00. The van der Waals surface area contributed by atoms with E-state index in [1.165, 1.54) is 6.92 Å². The smallest absolute Gasteiger partial charge is 0.111 e. The topological polar surface area (TPSA) is 121 Å². The molecule has 0 rings (SSSR count). The average molecular weight is 196 g/mol. The van der Waals surface area contributed by atoms with Crippen molar-refractivity contribution in [1.29, 1.82) is 0 Å². The summed E-state index contributed by atoms with van der Waals surface area (Å²) in [5.41, 5.74) is 0. The van der Waals surface area contributed by atoms with Crippen molar-refractivity contribution in [2.75, 3.05) is 6.61 Å². The van der Waals surface area contributed by atoms with Gasteiger partial charge in [-0.1, -0.05) is 0 Å². The normalized spacial score (nSPS) is 23.3. The van der Waals surface area contributed by atoms with E-state index in [1.54, 1.807) is 0 Å². The number of aliphatic hydroxyl groups excluding tert-OH is 6. The van der Waals surface area contributed by atoms with Crippen molar-refractivity contribution in [2.24, 2.45) is 0 Å². The second kappa shape index (κ2) is 5.48. The maximum absolute atomic E-state index is 9.13. The minimum Gasteiger partial charge on any atom is -0.394 e. The fourth-order valence-electron chi connectivity index (χ4n) is 0.823. The number of hydrogen-bond acceptors (Lipinski definition) is 6. The van der Waals surface area contributed by atoms with E-state index < -0.39 is 37.1 Å². The molecule has 80 valence electrons. The van der Waals surface area contributed by atoms with Crippen LogP contribution in [0.25, 0.3) is 0 Å². The van der Waals surface area contributed by atoms with Gasteiger partial charge in [-0.05, 0) is 6.92 Å². The van der Waals surface area contributed by atoms with Gasteiger partial charge < -0.3 is 30.6 Å². The maximum atomic E-state index is 9.13. The van der Waals surface area contributed by atoms with E-state index in [-0.39, 0.29) is 0 Å². The van der Waals surface area contributed by atoms with Crippen LogP contribution in [-0.4, -0.2) is 67.8 Å². The van der Waals surface area contributed by atoms with Crippen LogP contribution in [0.2, 0.25) is 0 Å². The molecule has 0 aromatic carbocycles. The molecular formula is C7H16O6. The molecule has 5 atom stereocenters. The molecule has 13 heavy (non-hydrogen) atoms. The molecule has 0 radical (unpaired) electrons. The molecule has 0 unspecified atom stereocenters. The highest BCUT2D eigenvalue weighted by Gasteiger charge is 2.32. The van der Waals surface area contributed by atoms with Gasteiger partial charge in [-0.2, -0.15) is 0 Å². The van der Waals surface area contributed by atoms with Crippen molar-refractivity contribution >= 4 is 0 Å². The Labute approximate surface area is 75.7 Å². The molecule has 0 saturated heterocycles. The molecule has 0 bridgehead atoms. The Kier molecular flexibility index (Phi) is 5.38. The van der Waals surface area contributed by atoms with E-state index in [0.717, 1.165) is 0 Å².